The zero-order valence-electron chi connectivity index (χ0n) is 13.1. The third-order valence-corrected chi connectivity index (χ3v) is 3.53. The molecule has 0 aliphatic heterocycles. The van der Waals surface area contributed by atoms with E-state index in [1.54, 1.807) is 4.90 Å². The lowest BCUT2D eigenvalue weighted by atomic mass is 10.1. The van der Waals surface area contributed by atoms with Crippen molar-refractivity contribution in [2.75, 3.05) is 20.6 Å². The highest BCUT2D eigenvalue weighted by molar-refractivity contribution is 4.48. The van der Waals surface area contributed by atoms with Crippen molar-refractivity contribution in [2.24, 2.45) is 0 Å². The first kappa shape index (κ1) is 20.8. The van der Waals surface area contributed by atoms with Crippen LogP contribution in [0.15, 0.2) is 0 Å². The van der Waals surface area contributed by atoms with Crippen LogP contribution in [0.3, 0.4) is 0 Å². The molecular formula is C16H36BrN. The average Bonchev–Trinajstić information content (AvgIpc) is 2.30. The predicted octanol–water partition coefficient (Wildman–Crippen LogP) is 0.836. The number of hydrogen-bond donors (Lipinski definition) is 1. The maximum atomic E-state index is 2.29. The Morgan fingerprint density at radius 1 is 0.556 bits per heavy atom. The molecular weight excluding hydrogens is 286 g/mol. The molecule has 0 aromatic heterocycles. The molecule has 0 saturated heterocycles. The second-order valence-corrected chi connectivity index (χ2v) is 5.85. The van der Waals surface area contributed by atoms with Gasteiger partial charge in [0, 0.05) is 0 Å². The first-order valence-corrected chi connectivity index (χ1v) is 8.06. The normalized spacial score (nSPS) is 10.7. The van der Waals surface area contributed by atoms with E-state index in [2.05, 4.69) is 21.0 Å². The molecule has 1 nitrogen and oxygen atoms in total. The van der Waals surface area contributed by atoms with Crippen LogP contribution in [0.1, 0.15) is 84.0 Å². The van der Waals surface area contributed by atoms with Crippen molar-refractivity contribution in [1.29, 1.82) is 0 Å². The van der Waals surface area contributed by atoms with Gasteiger partial charge in [0.25, 0.3) is 0 Å². The van der Waals surface area contributed by atoms with E-state index in [0.717, 1.165) is 0 Å². The maximum Gasteiger partial charge on any atom is 0.0766 e. The molecule has 0 aromatic carbocycles. The Hall–Kier alpha value is 0.440. The highest BCUT2D eigenvalue weighted by atomic mass is 79.9. The molecule has 0 fully saturated rings. The van der Waals surface area contributed by atoms with Crippen LogP contribution in [0.4, 0.5) is 0 Å². The molecule has 0 amide bonds. The van der Waals surface area contributed by atoms with E-state index in [1.807, 2.05) is 0 Å². The molecule has 0 aromatic rings. The third-order valence-electron chi connectivity index (χ3n) is 3.53. The van der Waals surface area contributed by atoms with Gasteiger partial charge in [0.05, 0.1) is 20.6 Å². The van der Waals surface area contributed by atoms with Gasteiger partial charge >= 0.3 is 0 Å². The number of nitrogens with one attached hydrogen (secondary N) is 1. The van der Waals surface area contributed by atoms with Gasteiger partial charge in [-0.2, -0.15) is 0 Å². The summed E-state index contributed by atoms with van der Waals surface area (Å²) in [6, 6.07) is 0. The van der Waals surface area contributed by atoms with Gasteiger partial charge < -0.3 is 21.9 Å². The fourth-order valence-corrected chi connectivity index (χ4v) is 2.32. The fourth-order valence-electron chi connectivity index (χ4n) is 2.32. The van der Waals surface area contributed by atoms with Gasteiger partial charge in [-0.3, -0.25) is 0 Å². The van der Waals surface area contributed by atoms with E-state index < -0.39 is 0 Å². The number of rotatable bonds is 13. The zero-order chi connectivity index (χ0) is 12.8. The lowest BCUT2D eigenvalue weighted by molar-refractivity contribution is -0.858. The molecule has 0 saturated carbocycles. The van der Waals surface area contributed by atoms with Crippen molar-refractivity contribution in [2.45, 2.75) is 84.0 Å². The Labute approximate surface area is 126 Å². The van der Waals surface area contributed by atoms with Crippen LogP contribution in [0, 0.1) is 0 Å². The van der Waals surface area contributed by atoms with Crippen molar-refractivity contribution in [3.63, 3.8) is 0 Å². The summed E-state index contributed by atoms with van der Waals surface area (Å²) in [4.78, 5) is 1.59. The molecule has 112 valence electrons. The summed E-state index contributed by atoms with van der Waals surface area (Å²) in [6.45, 7) is 3.63. The number of hydrogen-bond acceptors (Lipinski definition) is 0. The van der Waals surface area contributed by atoms with Crippen LogP contribution in [-0.4, -0.2) is 20.6 Å². The van der Waals surface area contributed by atoms with Crippen molar-refractivity contribution >= 4 is 0 Å². The summed E-state index contributed by atoms with van der Waals surface area (Å²) in [7, 11) is 4.50. The fraction of sp³-hybridized carbons (Fsp3) is 1.00. The van der Waals surface area contributed by atoms with Gasteiger partial charge in [-0.15, -0.1) is 0 Å². The van der Waals surface area contributed by atoms with E-state index >= 15 is 0 Å². The molecule has 0 radical (unpaired) electrons. The Balaban J connectivity index is 0. The predicted molar refractivity (Wildman–Crippen MR) is 78.8 cm³/mol. The summed E-state index contributed by atoms with van der Waals surface area (Å²) in [5.41, 5.74) is 0. The second kappa shape index (κ2) is 17.4. The highest BCUT2D eigenvalue weighted by Gasteiger charge is 1.95. The van der Waals surface area contributed by atoms with Gasteiger partial charge in [-0.1, -0.05) is 71.1 Å². The van der Waals surface area contributed by atoms with Crippen molar-refractivity contribution < 1.29 is 21.9 Å². The Morgan fingerprint density at radius 2 is 0.889 bits per heavy atom. The van der Waals surface area contributed by atoms with E-state index in [0.29, 0.717) is 0 Å². The third kappa shape index (κ3) is 18.8. The van der Waals surface area contributed by atoms with E-state index in [9.17, 15) is 0 Å². The quantitative estimate of drug-likeness (QED) is 0.479. The Morgan fingerprint density at radius 3 is 1.22 bits per heavy atom. The van der Waals surface area contributed by atoms with E-state index in [1.165, 1.54) is 83.6 Å². The first-order chi connectivity index (χ1) is 8.27. The molecule has 0 heterocycles. The van der Waals surface area contributed by atoms with E-state index in [4.69, 9.17) is 0 Å². The highest BCUT2D eigenvalue weighted by Crippen LogP contribution is 2.11. The molecule has 0 spiro atoms. The number of halogens is 1. The summed E-state index contributed by atoms with van der Waals surface area (Å²) in [5, 5.41) is 0. The summed E-state index contributed by atoms with van der Waals surface area (Å²) < 4.78 is 0. The smallest absolute Gasteiger partial charge is 0.0766 e. The minimum absolute atomic E-state index is 0. The topological polar surface area (TPSA) is 4.44 Å². The summed E-state index contributed by atoms with van der Waals surface area (Å²) in [5.74, 6) is 0. The largest absolute Gasteiger partial charge is 1.00 e. The van der Waals surface area contributed by atoms with Gasteiger partial charge in [0.2, 0.25) is 0 Å². The average molecular weight is 322 g/mol. The first-order valence-electron chi connectivity index (χ1n) is 8.06. The molecule has 0 aliphatic carbocycles. The molecule has 0 atom stereocenters. The molecule has 0 rings (SSSR count). The summed E-state index contributed by atoms with van der Waals surface area (Å²) in [6.07, 6.45) is 17.4. The van der Waals surface area contributed by atoms with Gasteiger partial charge in [-0.25, -0.2) is 0 Å². The standard InChI is InChI=1S/C16H35N.BrH/c1-4-5-6-7-8-9-10-11-12-13-14-15-16-17(2)3;/h4-16H2,1-3H3;1H. The Bertz CT molecular complexity index is 137. The van der Waals surface area contributed by atoms with Gasteiger partial charge in [0.15, 0.2) is 0 Å². The molecule has 0 unspecified atom stereocenters. The maximum absolute atomic E-state index is 2.29. The van der Waals surface area contributed by atoms with Crippen LogP contribution in [0.25, 0.3) is 0 Å². The minimum atomic E-state index is 0. The van der Waals surface area contributed by atoms with Crippen LogP contribution in [0.2, 0.25) is 0 Å². The SMILES string of the molecule is CCCCCCCCCCCCCC[NH+](C)C.[Br-]. The lowest BCUT2D eigenvalue weighted by Crippen LogP contribution is -3.05. The lowest BCUT2D eigenvalue weighted by Gasteiger charge is -2.06. The molecule has 1 N–H and O–H groups in total. The van der Waals surface area contributed by atoms with Crippen LogP contribution >= 0.6 is 0 Å². The van der Waals surface area contributed by atoms with Crippen molar-refractivity contribution in [3.8, 4) is 0 Å². The molecule has 2 heteroatoms. The molecule has 0 aliphatic rings. The minimum Gasteiger partial charge on any atom is -1.00 e. The van der Waals surface area contributed by atoms with Crippen LogP contribution in [-0.2, 0) is 0 Å². The van der Waals surface area contributed by atoms with Crippen molar-refractivity contribution in [1.82, 2.24) is 0 Å². The monoisotopic (exact) mass is 321 g/mol. The number of quaternary nitrogens is 1. The molecule has 0 bridgehead atoms. The molecule has 18 heavy (non-hydrogen) atoms. The van der Waals surface area contributed by atoms with Gasteiger partial charge in [-0.05, 0) is 12.8 Å². The van der Waals surface area contributed by atoms with Crippen molar-refractivity contribution in [3.05, 3.63) is 0 Å². The summed E-state index contributed by atoms with van der Waals surface area (Å²) >= 11 is 0. The van der Waals surface area contributed by atoms with Gasteiger partial charge in [0.1, 0.15) is 0 Å². The Kier molecular flexibility index (Phi) is 20.1. The zero-order valence-corrected chi connectivity index (χ0v) is 14.7. The van der Waals surface area contributed by atoms with E-state index in [-0.39, 0.29) is 17.0 Å². The van der Waals surface area contributed by atoms with Crippen LogP contribution < -0.4 is 21.9 Å². The number of unbranched alkanes of at least 4 members (excludes halogenated alkanes) is 11. The van der Waals surface area contributed by atoms with Crippen LogP contribution in [0.5, 0.6) is 0 Å². The second-order valence-electron chi connectivity index (χ2n) is 5.85.